The standard InChI is InChI=1S/C24H29ClF2N6O3/c1-13(31-17-8-15(25)11-29-12-17)23(36)33-18-4-5-19(24(26,27)9-18)20(33)22(35)32-16(10-28)7-14-3-2-6-30-21(14)34/h8,11-14,16,18-20,31H,2-7,9H2,1H3,(H,30,34)(H,32,35)/t13-,14-,16-,18+,19+,20-/m1/s1. The van der Waals surface area contributed by atoms with E-state index in [9.17, 15) is 28.4 Å². The summed E-state index contributed by atoms with van der Waals surface area (Å²) in [5, 5.41) is 18.3. The Morgan fingerprint density at radius 3 is 2.81 bits per heavy atom. The summed E-state index contributed by atoms with van der Waals surface area (Å²) in [5.41, 5.74) is 0.479. The van der Waals surface area contributed by atoms with Crippen molar-refractivity contribution in [1.29, 1.82) is 5.26 Å². The zero-order valence-electron chi connectivity index (χ0n) is 19.8. The fourth-order valence-corrected chi connectivity index (χ4v) is 5.77. The summed E-state index contributed by atoms with van der Waals surface area (Å²) in [6.45, 7) is 2.14. The molecule has 4 aliphatic rings. The number of nitrogens with one attached hydrogen (secondary N) is 3. The van der Waals surface area contributed by atoms with E-state index in [1.54, 1.807) is 13.0 Å². The first-order valence-electron chi connectivity index (χ1n) is 12.2. The van der Waals surface area contributed by atoms with Crippen molar-refractivity contribution >= 4 is 35.0 Å². The van der Waals surface area contributed by atoms with Crippen LogP contribution in [0.25, 0.3) is 0 Å². The second-order valence-corrected chi connectivity index (χ2v) is 10.2. The Hall–Kier alpha value is -3.00. The summed E-state index contributed by atoms with van der Waals surface area (Å²) in [6.07, 6.45) is 4.30. The molecule has 1 aromatic rings. The highest BCUT2D eigenvalue weighted by Crippen LogP contribution is 2.49. The monoisotopic (exact) mass is 522 g/mol. The summed E-state index contributed by atoms with van der Waals surface area (Å²) in [7, 11) is 0. The molecule has 3 amide bonds. The molecule has 2 bridgehead atoms. The molecule has 4 heterocycles. The van der Waals surface area contributed by atoms with Crippen LogP contribution in [0.4, 0.5) is 14.5 Å². The Labute approximate surface area is 212 Å². The molecule has 1 aromatic heterocycles. The Kier molecular flexibility index (Phi) is 7.64. The van der Waals surface area contributed by atoms with Crippen LogP contribution in [0.5, 0.6) is 0 Å². The quantitative estimate of drug-likeness (QED) is 0.505. The molecule has 1 saturated carbocycles. The van der Waals surface area contributed by atoms with Crippen LogP contribution in [0.2, 0.25) is 5.02 Å². The van der Waals surface area contributed by atoms with Crippen molar-refractivity contribution in [2.75, 3.05) is 11.9 Å². The summed E-state index contributed by atoms with van der Waals surface area (Å²) < 4.78 is 29.8. The molecule has 9 nitrogen and oxygen atoms in total. The predicted molar refractivity (Wildman–Crippen MR) is 127 cm³/mol. The summed E-state index contributed by atoms with van der Waals surface area (Å²) in [4.78, 5) is 44.2. The Morgan fingerprint density at radius 1 is 1.36 bits per heavy atom. The fraction of sp³-hybridized carbons (Fsp3) is 0.625. The number of piperidine rings is 3. The van der Waals surface area contributed by atoms with E-state index in [0.29, 0.717) is 30.1 Å². The first-order chi connectivity index (χ1) is 17.1. The third-order valence-corrected chi connectivity index (χ3v) is 7.52. The van der Waals surface area contributed by atoms with Gasteiger partial charge in [0.05, 0.1) is 28.9 Å². The molecule has 0 unspecified atom stereocenters. The zero-order valence-corrected chi connectivity index (χ0v) is 20.6. The van der Waals surface area contributed by atoms with Gasteiger partial charge >= 0.3 is 0 Å². The number of carbonyl (C=O) groups excluding carboxylic acids is 3. The lowest BCUT2D eigenvalue weighted by Gasteiger charge is -2.54. The van der Waals surface area contributed by atoms with Gasteiger partial charge in [-0.3, -0.25) is 19.4 Å². The molecular formula is C24H29ClF2N6O3. The maximum absolute atomic E-state index is 14.9. The van der Waals surface area contributed by atoms with E-state index in [2.05, 4.69) is 20.9 Å². The number of amides is 3. The molecule has 1 aliphatic carbocycles. The van der Waals surface area contributed by atoms with Crippen LogP contribution in [0.3, 0.4) is 0 Å². The molecule has 0 radical (unpaired) electrons. The van der Waals surface area contributed by atoms with E-state index < -0.39 is 60.2 Å². The summed E-state index contributed by atoms with van der Waals surface area (Å²) in [5.74, 6) is -6.39. The van der Waals surface area contributed by atoms with E-state index in [1.165, 1.54) is 17.3 Å². The lowest BCUT2D eigenvalue weighted by Crippen LogP contribution is -2.70. The molecule has 3 saturated heterocycles. The second kappa shape index (κ2) is 10.5. The molecule has 36 heavy (non-hydrogen) atoms. The minimum Gasteiger partial charge on any atom is -0.373 e. The highest BCUT2D eigenvalue weighted by Gasteiger charge is 2.60. The minimum atomic E-state index is -3.11. The Balaban J connectivity index is 1.52. The number of pyridine rings is 1. The number of fused-ring (bicyclic) bond motifs is 3. The van der Waals surface area contributed by atoms with Gasteiger partial charge in [0.25, 0.3) is 5.92 Å². The normalized spacial score (nSPS) is 28.4. The van der Waals surface area contributed by atoms with Crippen molar-refractivity contribution < 1.29 is 23.2 Å². The first-order valence-corrected chi connectivity index (χ1v) is 12.5. The zero-order chi connectivity index (χ0) is 26.0. The van der Waals surface area contributed by atoms with Crippen LogP contribution < -0.4 is 16.0 Å². The number of nitriles is 1. The van der Waals surface area contributed by atoms with Gasteiger partial charge in [-0.05, 0) is 45.1 Å². The largest absolute Gasteiger partial charge is 0.373 e. The number of carbonyl (C=O) groups is 3. The molecule has 0 spiro atoms. The number of alkyl halides is 2. The van der Waals surface area contributed by atoms with Crippen LogP contribution in [0, 0.1) is 23.2 Å². The van der Waals surface area contributed by atoms with Gasteiger partial charge in [-0.15, -0.1) is 0 Å². The highest BCUT2D eigenvalue weighted by molar-refractivity contribution is 6.30. The number of halogens is 3. The molecule has 194 valence electrons. The molecule has 4 fully saturated rings. The number of aromatic nitrogens is 1. The van der Waals surface area contributed by atoms with Gasteiger partial charge in [-0.1, -0.05) is 11.6 Å². The number of hydrogen-bond acceptors (Lipinski definition) is 6. The van der Waals surface area contributed by atoms with Gasteiger partial charge in [0.2, 0.25) is 17.7 Å². The van der Waals surface area contributed by atoms with E-state index in [4.69, 9.17) is 11.6 Å². The topological polar surface area (TPSA) is 127 Å². The van der Waals surface area contributed by atoms with Crippen molar-refractivity contribution in [3.05, 3.63) is 23.5 Å². The molecule has 5 rings (SSSR count). The molecule has 0 aromatic carbocycles. The van der Waals surface area contributed by atoms with E-state index in [-0.39, 0.29) is 18.7 Å². The van der Waals surface area contributed by atoms with Gasteiger partial charge in [0, 0.05) is 31.1 Å². The van der Waals surface area contributed by atoms with Crippen molar-refractivity contribution in [3.8, 4) is 6.07 Å². The number of nitrogens with zero attached hydrogens (tertiary/aromatic N) is 3. The Morgan fingerprint density at radius 2 is 2.14 bits per heavy atom. The highest BCUT2D eigenvalue weighted by atomic mass is 35.5. The van der Waals surface area contributed by atoms with Crippen molar-refractivity contribution in [3.63, 3.8) is 0 Å². The van der Waals surface area contributed by atoms with Crippen LogP contribution in [-0.2, 0) is 14.4 Å². The van der Waals surface area contributed by atoms with Crippen LogP contribution in [0.15, 0.2) is 18.5 Å². The van der Waals surface area contributed by atoms with Crippen molar-refractivity contribution in [2.45, 2.75) is 75.5 Å². The average Bonchev–Trinajstić information content (AvgIpc) is 2.83. The van der Waals surface area contributed by atoms with Gasteiger partial charge in [0.1, 0.15) is 18.1 Å². The summed E-state index contributed by atoms with van der Waals surface area (Å²) in [6, 6.07) is -0.547. The molecule has 6 atom stereocenters. The van der Waals surface area contributed by atoms with Gasteiger partial charge < -0.3 is 20.9 Å². The molecule has 3 N–H and O–H groups in total. The van der Waals surface area contributed by atoms with E-state index in [0.717, 1.165) is 6.42 Å². The average molecular weight is 523 g/mol. The van der Waals surface area contributed by atoms with Gasteiger partial charge in [-0.25, -0.2) is 8.78 Å². The van der Waals surface area contributed by atoms with Crippen molar-refractivity contribution in [1.82, 2.24) is 20.5 Å². The fourth-order valence-electron chi connectivity index (χ4n) is 5.60. The lowest BCUT2D eigenvalue weighted by atomic mass is 9.71. The third kappa shape index (κ3) is 5.38. The number of anilines is 1. The van der Waals surface area contributed by atoms with E-state index in [1.807, 2.05) is 6.07 Å². The SMILES string of the molecule is C[C@@H](Nc1cncc(Cl)c1)C(=O)N1[C@H]2CC[C@@H]([C@@H]1C(=O)N[C@@H](C#N)C[C@H]1CCCNC1=O)C(F)(F)C2. The van der Waals surface area contributed by atoms with E-state index >= 15 is 0 Å². The van der Waals surface area contributed by atoms with Crippen LogP contribution >= 0.6 is 11.6 Å². The van der Waals surface area contributed by atoms with Gasteiger partial charge in [-0.2, -0.15) is 5.26 Å². The summed E-state index contributed by atoms with van der Waals surface area (Å²) >= 11 is 5.96. The maximum Gasteiger partial charge on any atom is 0.255 e. The van der Waals surface area contributed by atoms with Gasteiger partial charge in [0.15, 0.2) is 0 Å². The van der Waals surface area contributed by atoms with Crippen LogP contribution in [0.1, 0.15) is 45.4 Å². The smallest absolute Gasteiger partial charge is 0.255 e. The molecular weight excluding hydrogens is 494 g/mol. The predicted octanol–water partition coefficient (Wildman–Crippen LogP) is 2.47. The number of hydrogen-bond donors (Lipinski definition) is 3. The maximum atomic E-state index is 14.9. The lowest BCUT2D eigenvalue weighted by molar-refractivity contribution is -0.194. The molecule has 3 aliphatic heterocycles. The van der Waals surface area contributed by atoms with Crippen molar-refractivity contribution in [2.24, 2.45) is 11.8 Å². The minimum absolute atomic E-state index is 0.0823. The molecule has 12 heteroatoms. The van der Waals surface area contributed by atoms with Crippen LogP contribution in [-0.4, -0.2) is 64.2 Å². The Bertz CT molecular complexity index is 1070. The third-order valence-electron chi connectivity index (χ3n) is 7.31. The number of rotatable bonds is 7. The second-order valence-electron chi connectivity index (χ2n) is 9.81. The first kappa shape index (κ1) is 26.1.